The highest BCUT2D eigenvalue weighted by molar-refractivity contribution is 5.95. The van der Waals surface area contributed by atoms with Crippen molar-refractivity contribution in [3.63, 3.8) is 0 Å². The topological polar surface area (TPSA) is 90.9 Å². The number of hydrogen-bond donors (Lipinski definition) is 3. The molecule has 1 amide bonds. The molecule has 2 aromatic carbocycles. The van der Waals surface area contributed by atoms with Crippen LogP contribution in [0.1, 0.15) is 10.4 Å². The van der Waals surface area contributed by atoms with Crippen LogP contribution in [-0.4, -0.2) is 39.1 Å². The average Bonchev–Trinajstić information content (AvgIpc) is 3.20. The molecule has 0 saturated heterocycles. The van der Waals surface area contributed by atoms with Crippen LogP contribution in [0.5, 0.6) is 0 Å². The van der Waals surface area contributed by atoms with Gasteiger partial charge in [0, 0.05) is 40.3 Å². The molecule has 0 unspecified atom stereocenters. The van der Waals surface area contributed by atoms with E-state index in [1.807, 2.05) is 36.5 Å². The highest BCUT2D eigenvalue weighted by Crippen LogP contribution is 2.25. The molecule has 0 bridgehead atoms. The van der Waals surface area contributed by atoms with Gasteiger partial charge in [-0.2, -0.15) is 0 Å². The number of carbonyl (C=O) groups is 1. The fourth-order valence-electron chi connectivity index (χ4n) is 2.95. The summed E-state index contributed by atoms with van der Waals surface area (Å²) in [4.78, 5) is 24.3. The van der Waals surface area contributed by atoms with Crippen molar-refractivity contribution >= 4 is 16.8 Å². The lowest BCUT2D eigenvalue weighted by Gasteiger charge is -2.07. The number of amides is 1. The third-order valence-electron chi connectivity index (χ3n) is 4.30. The maximum absolute atomic E-state index is 12.1. The SMILES string of the molecule is O=C(NCCO)c1cccc(-c2cncc(-c3ccc4[nH]ccc4c3)n2)c1. The number of H-pyrrole nitrogens is 1. The minimum atomic E-state index is -0.229. The van der Waals surface area contributed by atoms with Gasteiger partial charge in [-0.15, -0.1) is 0 Å². The second kappa shape index (κ2) is 7.39. The summed E-state index contributed by atoms with van der Waals surface area (Å²) >= 11 is 0. The molecule has 2 heterocycles. The zero-order valence-corrected chi connectivity index (χ0v) is 14.5. The van der Waals surface area contributed by atoms with Crippen LogP contribution in [-0.2, 0) is 0 Å². The first-order valence-electron chi connectivity index (χ1n) is 8.63. The highest BCUT2D eigenvalue weighted by atomic mass is 16.3. The molecule has 3 N–H and O–H groups in total. The van der Waals surface area contributed by atoms with Gasteiger partial charge >= 0.3 is 0 Å². The van der Waals surface area contributed by atoms with Crippen molar-refractivity contribution in [2.75, 3.05) is 13.2 Å². The Morgan fingerprint density at radius 2 is 1.85 bits per heavy atom. The number of fused-ring (bicyclic) bond motifs is 1. The van der Waals surface area contributed by atoms with Crippen LogP contribution in [0.4, 0.5) is 0 Å². The smallest absolute Gasteiger partial charge is 0.251 e. The minimum absolute atomic E-state index is 0.0928. The van der Waals surface area contributed by atoms with Gasteiger partial charge in [0.15, 0.2) is 0 Å². The predicted molar refractivity (Wildman–Crippen MR) is 104 cm³/mol. The molecule has 0 fully saturated rings. The fraction of sp³-hybridized carbons (Fsp3) is 0.0952. The molecule has 0 aliphatic carbocycles. The number of nitrogens with one attached hydrogen (secondary N) is 2. The largest absolute Gasteiger partial charge is 0.395 e. The van der Waals surface area contributed by atoms with E-state index in [1.54, 1.807) is 24.5 Å². The van der Waals surface area contributed by atoms with Crippen molar-refractivity contribution in [1.82, 2.24) is 20.3 Å². The first-order valence-corrected chi connectivity index (χ1v) is 8.63. The molecule has 0 aliphatic heterocycles. The van der Waals surface area contributed by atoms with Crippen molar-refractivity contribution in [2.24, 2.45) is 0 Å². The van der Waals surface area contributed by atoms with E-state index < -0.39 is 0 Å². The molecule has 0 saturated carbocycles. The fourth-order valence-corrected chi connectivity index (χ4v) is 2.95. The van der Waals surface area contributed by atoms with Crippen LogP contribution in [0.2, 0.25) is 0 Å². The van der Waals surface area contributed by atoms with Crippen molar-refractivity contribution in [2.45, 2.75) is 0 Å². The summed E-state index contributed by atoms with van der Waals surface area (Å²) in [5, 5.41) is 12.6. The molecule has 6 nitrogen and oxygen atoms in total. The first-order chi connectivity index (χ1) is 13.2. The van der Waals surface area contributed by atoms with Gasteiger partial charge in [0.1, 0.15) is 0 Å². The van der Waals surface area contributed by atoms with Gasteiger partial charge in [0.2, 0.25) is 0 Å². The Morgan fingerprint density at radius 3 is 2.67 bits per heavy atom. The van der Waals surface area contributed by atoms with Crippen molar-refractivity contribution < 1.29 is 9.90 Å². The molecule has 4 rings (SSSR count). The molecule has 0 radical (unpaired) electrons. The maximum Gasteiger partial charge on any atom is 0.251 e. The summed E-state index contributed by atoms with van der Waals surface area (Å²) in [6.45, 7) is 0.129. The lowest BCUT2D eigenvalue weighted by atomic mass is 10.1. The van der Waals surface area contributed by atoms with Gasteiger partial charge in [0.25, 0.3) is 5.91 Å². The van der Waals surface area contributed by atoms with Crippen molar-refractivity contribution in [3.8, 4) is 22.5 Å². The monoisotopic (exact) mass is 358 g/mol. The molecule has 0 spiro atoms. The van der Waals surface area contributed by atoms with E-state index in [-0.39, 0.29) is 19.1 Å². The van der Waals surface area contributed by atoms with Crippen LogP contribution in [0.25, 0.3) is 33.4 Å². The summed E-state index contributed by atoms with van der Waals surface area (Å²) in [5.41, 5.74) is 4.84. The Bertz CT molecular complexity index is 1100. The van der Waals surface area contributed by atoms with E-state index in [0.29, 0.717) is 11.3 Å². The Hall–Kier alpha value is -3.51. The number of benzene rings is 2. The second-order valence-electron chi connectivity index (χ2n) is 6.13. The van der Waals surface area contributed by atoms with Crippen molar-refractivity contribution in [1.29, 1.82) is 0 Å². The van der Waals surface area contributed by atoms with Gasteiger partial charge in [-0.3, -0.25) is 9.78 Å². The summed E-state index contributed by atoms with van der Waals surface area (Å²) in [6.07, 6.45) is 5.32. The molecular formula is C21H18N4O2. The van der Waals surface area contributed by atoms with Crippen molar-refractivity contribution in [3.05, 3.63) is 72.7 Å². The quantitative estimate of drug-likeness (QED) is 0.511. The number of hydrogen-bond acceptors (Lipinski definition) is 4. The maximum atomic E-state index is 12.1. The Balaban J connectivity index is 1.67. The highest BCUT2D eigenvalue weighted by Gasteiger charge is 2.09. The minimum Gasteiger partial charge on any atom is -0.395 e. The molecule has 4 aromatic rings. The number of rotatable bonds is 5. The lowest BCUT2D eigenvalue weighted by molar-refractivity contribution is 0.0945. The van der Waals surface area contributed by atoms with Crippen LogP contribution in [0.3, 0.4) is 0 Å². The molecule has 0 atom stereocenters. The number of aliphatic hydroxyl groups is 1. The van der Waals surface area contributed by atoms with Crippen LogP contribution in [0.15, 0.2) is 67.1 Å². The normalized spacial score (nSPS) is 10.9. The lowest BCUT2D eigenvalue weighted by Crippen LogP contribution is -2.26. The second-order valence-corrected chi connectivity index (χ2v) is 6.13. The first kappa shape index (κ1) is 16.9. The third-order valence-corrected chi connectivity index (χ3v) is 4.30. The van der Waals surface area contributed by atoms with E-state index >= 15 is 0 Å². The molecule has 134 valence electrons. The number of carbonyl (C=O) groups excluding carboxylic acids is 1. The number of aliphatic hydroxyl groups excluding tert-OH is 1. The van der Waals surface area contributed by atoms with Gasteiger partial charge in [0.05, 0.1) is 30.4 Å². The number of aromatic nitrogens is 3. The van der Waals surface area contributed by atoms with Crippen LogP contribution < -0.4 is 5.32 Å². The Labute approximate surface area is 155 Å². The van der Waals surface area contributed by atoms with E-state index in [2.05, 4.69) is 21.4 Å². The Morgan fingerprint density at radius 1 is 1.04 bits per heavy atom. The summed E-state index contributed by atoms with van der Waals surface area (Å²) in [5.74, 6) is -0.229. The number of aromatic amines is 1. The van der Waals surface area contributed by atoms with Crippen LogP contribution in [0, 0.1) is 0 Å². The summed E-state index contributed by atoms with van der Waals surface area (Å²) in [6, 6.07) is 15.3. The zero-order valence-electron chi connectivity index (χ0n) is 14.5. The summed E-state index contributed by atoms with van der Waals surface area (Å²) in [7, 11) is 0. The standard InChI is InChI=1S/C21H18N4O2/c26-9-8-24-21(27)17-3-1-2-14(11-17)19-12-22-13-20(25-19)15-4-5-18-16(10-15)6-7-23-18/h1-7,10-13,23,26H,8-9H2,(H,24,27). The predicted octanol–water partition coefficient (Wildman–Crippen LogP) is 3.01. The molecule has 27 heavy (non-hydrogen) atoms. The molecule has 0 aliphatic rings. The van der Waals surface area contributed by atoms with E-state index in [9.17, 15) is 4.79 Å². The van der Waals surface area contributed by atoms with E-state index in [4.69, 9.17) is 10.1 Å². The number of nitrogens with zero attached hydrogens (tertiary/aromatic N) is 2. The van der Waals surface area contributed by atoms with Gasteiger partial charge < -0.3 is 15.4 Å². The summed E-state index contributed by atoms with van der Waals surface area (Å²) < 4.78 is 0. The zero-order chi connectivity index (χ0) is 18.6. The van der Waals surface area contributed by atoms with E-state index in [0.717, 1.165) is 27.7 Å². The third kappa shape index (κ3) is 3.56. The van der Waals surface area contributed by atoms with Crippen LogP contribution >= 0.6 is 0 Å². The van der Waals surface area contributed by atoms with E-state index in [1.165, 1.54) is 0 Å². The molecule has 2 aromatic heterocycles. The molecule has 6 heteroatoms. The van der Waals surface area contributed by atoms with Gasteiger partial charge in [-0.05, 0) is 30.3 Å². The molecular weight excluding hydrogens is 340 g/mol. The Kier molecular flexibility index (Phi) is 4.63. The average molecular weight is 358 g/mol. The van der Waals surface area contributed by atoms with Gasteiger partial charge in [-0.1, -0.05) is 18.2 Å². The van der Waals surface area contributed by atoms with Gasteiger partial charge in [-0.25, -0.2) is 4.98 Å².